The summed E-state index contributed by atoms with van der Waals surface area (Å²) in [6.07, 6.45) is 4.39. The van der Waals surface area contributed by atoms with Crippen molar-refractivity contribution in [3.05, 3.63) is 16.4 Å². The summed E-state index contributed by atoms with van der Waals surface area (Å²) in [5.41, 5.74) is 1.42. The average molecular weight is 243 g/mol. The second-order valence-corrected chi connectivity index (χ2v) is 5.01. The molecule has 1 heterocycles. The second-order valence-electron chi connectivity index (χ2n) is 4.63. The van der Waals surface area contributed by atoms with Crippen molar-refractivity contribution in [1.82, 2.24) is 9.78 Å². The number of aliphatic hydroxyl groups is 1. The summed E-state index contributed by atoms with van der Waals surface area (Å²) in [5.74, 6) is 0. The molecule has 0 saturated heterocycles. The van der Waals surface area contributed by atoms with Crippen LogP contribution in [0.1, 0.15) is 44.5 Å². The van der Waals surface area contributed by atoms with E-state index in [0.29, 0.717) is 6.42 Å². The van der Waals surface area contributed by atoms with E-state index in [4.69, 9.17) is 11.6 Å². The van der Waals surface area contributed by atoms with Gasteiger partial charge in [-0.25, -0.2) is 0 Å². The number of rotatable bonds is 4. The van der Waals surface area contributed by atoms with Crippen LogP contribution in [0, 0.1) is 0 Å². The summed E-state index contributed by atoms with van der Waals surface area (Å²) in [7, 11) is 0. The zero-order chi connectivity index (χ0) is 11.8. The largest absolute Gasteiger partial charge is 0.389 e. The Hall–Kier alpha value is -0.540. The molecule has 1 saturated carbocycles. The molecule has 90 valence electrons. The Balaban J connectivity index is 2.27. The third-order valence-corrected chi connectivity index (χ3v) is 3.91. The van der Waals surface area contributed by atoms with Gasteiger partial charge in [0.2, 0.25) is 0 Å². The molecule has 1 N–H and O–H groups in total. The predicted octanol–water partition coefficient (Wildman–Crippen LogP) is 2.58. The maximum atomic E-state index is 10.2. The summed E-state index contributed by atoms with van der Waals surface area (Å²) in [4.78, 5) is 0. The number of aryl methyl sites for hydroxylation is 2. The molecule has 0 bridgehead atoms. The number of halogens is 1. The number of hydrogen-bond donors (Lipinski definition) is 1. The van der Waals surface area contributed by atoms with Crippen molar-refractivity contribution < 1.29 is 5.11 Å². The van der Waals surface area contributed by atoms with E-state index in [-0.39, 0.29) is 0 Å². The average Bonchev–Trinajstić information content (AvgIpc) is 2.53. The summed E-state index contributed by atoms with van der Waals surface area (Å²) < 4.78 is 1.93. The van der Waals surface area contributed by atoms with Gasteiger partial charge in [0.1, 0.15) is 0 Å². The zero-order valence-corrected chi connectivity index (χ0v) is 10.7. The van der Waals surface area contributed by atoms with E-state index in [1.54, 1.807) is 0 Å². The Kier molecular flexibility index (Phi) is 3.27. The van der Waals surface area contributed by atoms with Gasteiger partial charge in [-0.3, -0.25) is 4.68 Å². The summed E-state index contributed by atoms with van der Waals surface area (Å²) in [6, 6.07) is 0. The van der Waals surface area contributed by atoms with Gasteiger partial charge < -0.3 is 5.11 Å². The van der Waals surface area contributed by atoms with Crippen molar-refractivity contribution in [1.29, 1.82) is 0 Å². The standard InChI is InChI=1S/C12H19ClN2O/c1-3-9-11(13)10(15(4-2)14-9)8-12(16)6-5-7-12/h16H,3-8H2,1-2H3. The van der Waals surface area contributed by atoms with Gasteiger partial charge in [-0.1, -0.05) is 18.5 Å². The van der Waals surface area contributed by atoms with Crippen LogP contribution in [0.25, 0.3) is 0 Å². The van der Waals surface area contributed by atoms with Gasteiger partial charge in [-0.15, -0.1) is 0 Å². The van der Waals surface area contributed by atoms with E-state index in [2.05, 4.69) is 18.9 Å². The second kappa shape index (κ2) is 4.38. The van der Waals surface area contributed by atoms with E-state index >= 15 is 0 Å². The molecule has 1 aliphatic carbocycles. The predicted molar refractivity (Wildman–Crippen MR) is 64.8 cm³/mol. The molecule has 0 unspecified atom stereocenters. The van der Waals surface area contributed by atoms with Crippen molar-refractivity contribution in [2.75, 3.05) is 0 Å². The van der Waals surface area contributed by atoms with Crippen molar-refractivity contribution >= 4 is 11.6 Å². The first-order valence-electron chi connectivity index (χ1n) is 6.06. The van der Waals surface area contributed by atoms with Crippen LogP contribution < -0.4 is 0 Å². The van der Waals surface area contributed by atoms with Gasteiger partial charge in [-0.2, -0.15) is 5.10 Å². The Bertz CT molecular complexity index is 383. The highest BCUT2D eigenvalue weighted by atomic mass is 35.5. The molecule has 0 spiro atoms. The van der Waals surface area contributed by atoms with E-state index < -0.39 is 5.60 Å². The van der Waals surface area contributed by atoms with Crippen molar-refractivity contribution in [3.63, 3.8) is 0 Å². The number of nitrogens with zero attached hydrogens (tertiary/aromatic N) is 2. The number of aromatic nitrogens is 2. The van der Waals surface area contributed by atoms with Crippen molar-refractivity contribution in [3.8, 4) is 0 Å². The fraction of sp³-hybridized carbons (Fsp3) is 0.750. The Labute approximate surface area is 101 Å². The molecule has 2 rings (SSSR count). The van der Waals surface area contributed by atoms with Crippen LogP contribution in [0.2, 0.25) is 5.02 Å². The minimum absolute atomic E-state index is 0.526. The molecule has 4 heteroatoms. The summed E-state index contributed by atoms with van der Waals surface area (Å²) >= 11 is 6.30. The lowest BCUT2D eigenvalue weighted by Gasteiger charge is -2.36. The fourth-order valence-corrected chi connectivity index (χ4v) is 2.60. The van der Waals surface area contributed by atoms with Crippen LogP contribution in [0.5, 0.6) is 0 Å². The van der Waals surface area contributed by atoms with Crippen LogP contribution in [0.3, 0.4) is 0 Å². The SMILES string of the molecule is CCc1nn(CC)c(CC2(O)CCC2)c1Cl. The van der Waals surface area contributed by atoms with Crippen molar-refractivity contribution in [2.24, 2.45) is 0 Å². The van der Waals surface area contributed by atoms with Crippen LogP contribution >= 0.6 is 11.6 Å². The molecule has 1 aromatic rings. The molecule has 3 nitrogen and oxygen atoms in total. The third-order valence-electron chi connectivity index (χ3n) is 3.47. The lowest BCUT2D eigenvalue weighted by Crippen LogP contribution is -2.39. The molecular weight excluding hydrogens is 224 g/mol. The van der Waals surface area contributed by atoms with E-state index in [0.717, 1.165) is 48.6 Å². The van der Waals surface area contributed by atoms with Gasteiger partial charge >= 0.3 is 0 Å². The monoisotopic (exact) mass is 242 g/mol. The molecule has 0 radical (unpaired) electrons. The first-order valence-corrected chi connectivity index (χ1v) is 6.44. The molecule has 0 aromatic carbocycles. The third kappa shape index (κ3) is 1.98. The van der Waals surface area contributed by atoms with Crippen LogP contribution in [0.15, 0.2) is 0 Å². The number of hydrogen-bond acceptors (Lipinski definition) is 2. The molecule has 0 amide bonds. The van der Waals surface area contributed by atoms with Crippen LogP contribution in [-0.4, -0.2) is 20.5 Å². The highest BCUT2D eigenvalue weighted by molar-refractivity contribution is 6.31. The highest BCUT2D eigenvalue weighted by Gasteiger charge is 2.36. The Morgan fingerprint density at radius 2 is 2.12 bits per heavy atom. The van der Waals surface area contributed by atoms with Gasteiger partial charge in [0.05, 0.1) is 22.0 Å². The van der Waals surface area contributed by atoms with Crippen LogP contribution in [0.4, 0.5) is 0 Å². The summed E-state index contributed by atoms with van der Waals surface area (Å²) in [6.45, 7) is 4.91. The lowest BCUT2D eigenvalue weighted by molar-refractivity contribution is -0.0338. The van der Waals surface area contributed by atoms with Gasteiger partial charge in [0.25, 0.3) is 0 Å². The lowest BCUT2D eigenvalue weighted by atomic mass is 9.77. The maximum Gasteiger partial charge on any atom is 0.0850 e. The quantitative estimate of drug-likeness (QED) is 0.881. The molecule has 16 heavy (non-hydrogen) atoms. The first kappa shape index (κ1) is 11.9. The minimum Gasteiger partial charge on any atom is -0.389 e. The molecular formula is C12H19ClN2O. The zero-order valence-electron chi connectivity index (χ0n) is 9.96. The fourth-order valence-electron chi connectivity index (χ4n) is 2.26. The normalized spacial score (nSPS) is 18.5. The van der Waals surface area contributed by atoms with E-state index in [1.807, 2.05) is 4.68 Å². The topological polar surface area (TPSA) is 38.0 Å². The van der Waals surface area contributed by atoms with Crippen molar-refractivity contribution in [2.45, 2.75) is 58.1 Å². The smallest absolute Gasteiger partial charge is 0.0850 e. The summed E-state index contributed by atoms with van der Waals surface area (Å²) in [5, 5.41) is 15.4. The Morgan fingerprint density at radius 3 is 2.56 bits per heavy atom. The Morgan fingerprint density at radius 1 is 1.44 bits per heavy atom. The molecule has 1 aliphatic rings. The van der Waals surface area contributed by atoms with E-state index in [9.17, 15) is 5.11 Å². The molecule has 0 atom stereocenters. The van der Waals surface area contributed by atoms with Crippen LogP contribution in [-0.2, 0) is 19.4 Å². The first-order chi connectivity index (χ1) is 7.59. The minimum atomic E-state index is -0.526. The molecule has 1 fully saturated rings. The molecule has 1 aromatic heterocycles. The maximum absolute atomic E-state index is 10.2. The highest BCUT2D eigenvalue weighted by Crippen LogP contribution is 2.36. The van der Waals surface area contributed by atoms with E-state index in [1.165, 1.54) is 0 Å². The van der Waals surface area contributed by atoms with Gasteiger partial charge in [0.15, 0.2) is 0 Å². The van der Waals surface area contributed by atoms with Gasteiger partial charge in [-0.05, 0) is 32.6 Å². The van der Waals surface area contributed by atoms with Gasteiger partial charge in [0, 0.05) is 13.0 Å². The molecule has 0 aliphatic heterocycles.